The number of esters is 1. The van der Waals surface area contributed by atoms with Crippen LogP contribution in [0, 0.1) is 0 Å². The van der Waals surface area contributed by atoms with Gasteiger partial charge in [0.25, 0.3) is 0 Å². The van der Waals surface area contributed by atoms with Gasteiger partial charge in [0.15, 0.2) is 0 Å². The molecule has 0 radical (unpaired) electrons. The predicted octanol–water partition coefficient (Wildman–Crippen LogP) is 1.62. The van der Waals surface area contributed by atoms with Crippen LogP contribution in [0.15, 0.2) is 12.2 Å². The minimum Gasteiger partial charge on any atom is -0.459 e. The Hall–Kier alpha value is -0.830. The molecule has 0 saturated carbocycles. The average molecular weight is 185 g/mol. The number of hydrogen-bond acceptors (Lipinski definition) is 3. The van der Waals surface area contributed by atoms with Crippen molar-refractivity contribution in [1.82, 2.24) is 0 Å². The van der Waals surface area contributed by atoms with Crippen LogP contribution in [0.5, 0.6) is 0 Å². The van der Waals surface area contributed by atoms with Crippen LogP contribution in [0.2, 0.25) is 0 Å². The first-order valence-corrected chi connectivity index (χ1v) is 4.68. The lowest BCUT2D eigenvalue weighted by Gasteiger charge is -2.16. The highest BCUT2D eigenvalue weighted by Gasteiger charge is 2.12. The van der Waals surface area contributed by atoms with E-state index >= 15 is 0 Å². The summed E-state index contributed by atoms with van der Waals surface area (Å²) in [5, 5.41) is 0. The predicted molar refractivity (Wildman–Crippen MR) is 53.3 cm³/mol. The lowest BCUT2D eigenvalue weighted by Crippen LogP contribution is -2.21. The molecule has 0 aliphatic heterocycles. The van der Waals surface area contributed by atoms with E-state index in [1.165, 1.54) is 0 Å². The van der Waals surface area contributed by atoms with Crippen molar-refractivity contribution in [2.45, 2.75) is 39.2 Å². The quantitative estimate of drug-likeness (QED) is 0.505. The average Bonchev–Trinajstić information content (AvgIpc) is 2.05. The molecule has 3 nitrogen and oxygen atoms in total. The van der Waals surface area contributed by atoms with Gasteiger partial charge in [0.05, 0.1) is 0 Å². The first-order chi connectivity index (χ1) is 6.11. The minimum absolute atomic E-state index is 0.0424. The third-order valence-electron chi connectivity index (χ3n) is 1.72. The molecule has 0 heterocycles. The van der Waals surface area contributed by atoms with E-state index in [0.717, 1.165) is 19.3 Å². The zero-order chi connectivity index (χ0) is 10.3. The molecule has 2 N–H and O–H groups in total. The van der Waals surface area contributed by atoms with Crippen LogP contribution in [-0.4, -0.2) is 18.6 Å². The van der Waals surface area contributed by atoms with Gasteiger partial charge in [-0.1, -0.05) is 19.9 Å². The summed E-state index contributed by atoms with van der Waals surface area (Å²) >= 11 is 0. The number of carbonyl (C=O) groups excluding carboxylic acids is 1. The van der Waals surface area contributed by atoms with Crippen molar-refractivity contribution in [3.63, 3.8) is 0 Å². The Morgan fingerprint density at radius 1 is 1.54 bits per heavy atom. The first kappa shape index (κ1) is 12.2. The molecular formula is C10H19NO2. The van der Waals surface area contributed by atoms with E-state index in [0.29, 0.717) is 12.1 Å². The minimum atomic E-state index is -0.313. The van der Waals surface area contributed by atoms with E-state index in [9.17, 15) is 4.79 Å². The second kappa shape index (κ2) is 6.66. The molecule has 0 spiro atoms. The molecule has 0 amide bonds. The van der Waals surface area contributed by atoms with Gasteiger partial charge in [-0.05, 0) is 26.3 Å². The zero-order valence-electron chi connectivity index (χ0n) is 8.51. The van der Waals surface area contributed by atoms with E-state index in [1.807, 2.05) is 0 Å². The Bertz CT molecular complexity index is 172. The van der Waals surface area contributed by atoms with Crippen molar-refractivity contribution >= 4 is 5.97 Å². The molecule has 1 unspecified atom stereocenters. The van der Waals surface area contributed by atoms with Gasteiger partial charge >= 0.3 is 5.97 Å². The molecule has 0 aromatic heterocycles. The molecule has 0 rings (SSSR count). The summed E-state index contributed by atoms with van der Waals surface area (Å²) in [6, 6.07) is 0. The Labute approximate surface area is 79.9 Å². The monoisotopic (exact) mass is 185 g/mol. The summed E-state index contributed by atoms with van der Waals surface area (Å²) in [5.41, 5.74) is 5.84. The van der Waals surface area contributed by atoms with Gasteiger partial charge in [-0.25, -0.2) is 4.79 Å². The van der Waals surface area contributed by atoms with Crippen molar-refractivity contribution < 1.29 is 9.53 Å². The van der Waals surface area contributed by atoms with Gasteiger partial charge < -0.3 is 10.5 Å². The summed E-state index contributed by atoms with van der Waals surface area (Å²) in [5.74, 6) is -0.313. The van der Waals surface area contributed by atoms with Crippen LogP contribution in [0.3, 0.4) is 0 Å². The zero-order valence-corrected chi connectivity index (χ0v) is 8.51. The Kier molecular flexibility index (Phi) is 6.24. The molecule has 0 saturated heterocycles. The van der Waals surface area contributed by atoms with Crippen molar-refractivity contribution in [2.75, 3.05) is 6.54 Å². The van der Waals surface area contributed by atoms with Gasteiger partial charge in [0.1, 0.15) is 6.10 Å². The van der Waals surface area contributed by atoms with Crippen molar-refractivity contribution in [1.29, 1.82) is 0 Å². The van der Waals surface area contributed by atoms with Gasteiger partial charge in [0.2, 0.25) is 0 Å². The van der Waals surface area contributed by atoms with E-state index in [-0.39, 0.29) is 12.1 Å². The largest absolute Gasteiger partial charge is 0.459 e. The fourth-order valence-electron chi connectivity index (χ4n) is 1.02. The van der Waals surface area contributed by atoms with Gasteiger partial charge in [0, 0.05) is 5.57 Å². The molecule has 0 aliphatic rings. The van der Waals surface area contributed by atoms with Crippen LogP contribution < -0.4 is 5.73 Å². The Balaban J connectivity index is 3.93. The number of hydrogen-bond donors (Lipinski definition) is 1. The molecule has 0 fully saturated rings. The Morgan fingerprint density at radius 3 is 2.54 bits per heavy atom. The van der Waals surface area contributed by atoms with E-state index in [1.54, 1.807) is 6.92 Å². The lowest BCUT2D eigenvalue weighted by molar-refractivity contribution is -0.144. The lowest BCUT2D eigenvalue weighted by atomic mass is 10.1. The molecular weight excluding hydrogens is 166 g/mol. The topological polar surface area (TPSA) is 52.3 Å². The first-order valence-electron chi connectivity index (χ1n) is 4.68. The number of nitrogens with two attached hydrogens (primary N) is 1. The van der Waals surface area contributed by atoms with E-state index in [4.69, 9.17) is 10.5 Å². The molecule has 3 heteroatoms. The van der Waals surface area contributed by atoms with Crippen LogP contribution >= 0.6 is 0 Å². The maximum Gasteiger partial charge on any atom is 0.333 e. The molecule has 0 bridgehead atoms. The fourth-order valence-corrected chi connectivity index (χ4v) is 1.02. The number of rotatable bonds is 6. The molecule has 0 aromatic rings. The number of ether oxygens (including phenoxy) is 1. The summed E-state index contributed by atoms with van der Waals surface area (Å²) in [7, 11) is 0. The summed E-state index contributed by atoms with van der Waals surface area (Å²) in [6.07, 6.45) is 2.55. The second-order valence-corrected chi connectivity index (χ2v) is 3.17. The van der Waals surface area contributed by atoms with Crippen LogP contribution in [0.25, 0.3) is 0 Å². The van der Waals surface area contributed by atoms with Crippen LogP contribution in [0.4, 0.5) is 0 Å². The summed E-state index contributed by atoms with van der Waals surface area (Å²) in [6.45, 7) is 7.77. The molecule has 13 heavy (non-hydrogen) atoms. The highest BCUT2D eigenvalue weighted by molar-refractivity contribution is 5.87. The summed E-state index contributed by atoms with van der Waals surface area (Å²) in [4.78, 5) is 11.1. The molecule has 76 valence electrons. The summed E-state index contributed by atoms with van der Waals surface area (Å²) < 4.78 is 5.17. The van der Waals surface area contributed by atoms with Crippen LogP contribution in [-0.2, 0) is 9.53 Å². The molecule has 1 atom stereocenters. The van der Waals surface area contributed by atoms with Crippen LogP contribution in [0.1, 0.15) is 33.1 Å². The van der Waals surface area contributed by atoms with Crippen molar-refractivity contribution in [2.24, 2.45) is 5.73 Å². The van der Waals surface area contributed by atoms with E-state index < -0.39 is 0 Å². The second-order valence-electron chi connectivity index (χ2n) is 3.17. The van der Waals surface area contributed by atoms with E-state index in [2.05, 4.69) is 13.5 Å². The highest BCUT2D eigenvalue weighted by Crippen LogP contribution is 2.08. The SMILES string of the molecule is C=C(C)C(=O)OC(CCC)CCN. The van der Waals surface area contributed by atoms with Gasteiger partial charge in [-0.15, -0.1) is 0 Å². The normalized spacial score (nSPS) is 12.2. The third kappa shape index (κ3) is 5.42. The smallest absolute Gasteiger partial charge is 0.333 e. The van der Waals surface area contributed by atoms with Gasteiger partial charge in [-0.2, -0.15) is 0 Å². The Morgan fingerprint density at radius 2 is 2.15 bits per heavy atom. The third-order valence-corrected chi connectivity index (χ3v) is 1.72. The number of carbonyl (C=O) groups is 1. The maximum absolute atomic E-state index is 11.1. The van der Waals surface area contributed by atoms with Crippen molar-refractivity contribution in [3.05, 3.63) is 12.2 Å². The van der Waals surface area contributed by atoms with Crippen molar-refractivity contribution in [3.8, 4) is 0 Å². The fraction of sp³-hybridized carbons (Fsp3) is 0.700. The maximum atomic E-state index is 11.1. The standard InChI is InChI=1S/C10H19NO2/c1-4-5-9(6-7-11)13-10(12)8(2)3/h9H,2,4-7,11H2,1,3H3. The molecule has 0 aliphatic carbocycles. The van der Waals surface area contributed by atoms with Gasteiger partial charge in [-0.3, -0.25) is 0 Å². The molecule has 0 aromatic carbocycles. The highest BCUT2D eigenvalue weighted by atomic mass is 16.5.